The number of nitrogens with zero attached hydrogens (tertiary/aromatic N) is 1. The second kappa shape index (κ2) is 6.21. The SMILES string of the molecule is CCN(CC1CC1)CC(N)c1ccccc1OC. The first-order chi connectivity index (χ1) is 8.74. The van der Waals surface area contributed by atoms with Gasteiger partial charge < -0.3 is 15.4 Å². The van der Waals surface area contributed by atoms with Gasteiger partial charge in [-0.05, 0) is 31.4 Å². The van der Waals surface area contributed by atoms with Gasteiger partial charge in [-0.2, -0.15) is 0 Å². The van der Waals surface area contributed by atoms with Crippen molar-refractivity contribution in [1.82, 2.24) is 4.90 Å². The Morgan fingerprint density at radius 2 is 2.11 bits per heavy atom. The number of nitrogens with two attached hydrogens (primary N) is 1. The summed E-state index contributed by atoms with van der Waals surface area (Å²) in [5, 5.41) is 0. The van der Waals surface area contributed by atoms with Gasteiger partial charge in [0.05, 0.1) is 7.11 Å². The Kier molecular flexibility index (Phi) is 4.61. The summed E-state index contributed by atoms with van der Waals surface area (Å²) < 4.78 is 5.38. The second-order valence-corrected chi connectivity index (χ2v) is 5.14. The van der Waals surface area contributed by atoms with Gasteiger partial charge in [-0.3, -0.25) is 0 Å². The van der Waals surface area contributed by atoms with Crippen LogP contribution in [0, 0.1) is 5.92 Å². The number of para-hydroxylation sites is 1. The van der Waals surface area contributed by atoms with Crippen LogP contribution in [0.3, 0.4) is 0 Å². The molecule has 1 aliphatic rings. The fourth-order valence-electron chi connectivity index (χ4n) is 2.35. The van der Waals surface area contributed by atoms with E-state index in [1.165, 1.54) is 19.4 Å². The van der Waals surface area contributed by atoms with Crippen LogP contribution >= 0.6 is 0 Å². The van der Waals surface area contributed by atoms with E-state index in [4.69, 9.17) is 10.5 Å². The largest absolute Gasteiger partial charge is 0.496 e. The molecule has 2 N–H and O–H groups in total. The van der Waals surface area contributed by atoms with Gasteiger partial charge in [-0.25, -0.2) is 0 Å². The monoisotopic (exact) mass is 248 g/mol. The highest BCUT2D eigenvalue weighted by Crippen LogP contribution is 2.30. The predicted molar refractivity (Wildman–Crippen MR) is 74.8 cm³/mol. The Hall–Kier alpha value is -1.06. The third-order valence-electron chi connectivity index (χ3n) is 3.65. The van der Waals surface area contributed by atoms with Gasteiger partial charge in [0, 0.05) is 24.7 Å². The van der Waals surface area contributed by atoms with E-state index in [2.05, 4.69) is 17.9 Å². The van der Waals surface area contributed by atoms with Gasteiger partial charge in [-0.1, -0.05) is 25.1 Å². The van der Waals surface area contributed by atoms with E-state index >= 15 is 0 Å². The average Bonchev–Trinajstić information content (AvgIpc) is 3.21. The van der Waals surface area contributed by atoms with Crippen LogP contribution in [-0.2, 0) is 0 Å². The van der Waals surface area contributed by atoms with E-state index in [1.54, 1.807) is 7.11 Å². The molecule has 0 bridgehead atoms. The molecule has 0 radical (unpaired) electrons. The summed E-state index contributed by atoms with van der Waals surface area (Å²) in [5.41, 5.74) is 7.43. The Balaban J connectivity index is 1.98. The Labute approximate surface area is 110 Å². The molecular weight excluding hydrogens is 224 g/mol. The standard InChI is InChI=1S/C15H24N2O/c1-3-17(10-12-8-9-12)11-14(16)13-6-4-5-7-15(13)18-2/h4-7,12,14H,3,8-11,16H2,1-2H3. The molecule has 0 amide bonds. The Morgan fingerprint density at radius 3 is 2.72 bits per heavy atom. The normalized spacial score (nSPS) is 16.9. The van der Waals surface area contributed by atoms with Crippen molar-refractivity contribution in [3.8, 4) is 5.75 Å². The van der Waals surface area contributed by atoms with E-state index in [0.717, 1.165) is 30.3 Å². The summed E-state index contributed by atoms with van der Waals surface area (Å²) in [5.74, 6) is 1.81. The highest BCUT2D eigenvalue weighted by molar-refractivity contribution is 5.35. The minimum atomic E-state index is 0.0276. The highest BCUT2D eigenvalue weighted by atomic mass is 16.5. The average molecular weight is 248 g/mol. The molecule has 1 atom stereocenters. The Bertz CT molecular complexity index is 377. The van der Waals surface area contributed by atoms with E-state index in [1.807, 2.05) is 18.2 Å². The molecule has 0 spiro atoms. The summed E-state index contributed by atoms with van der Waals surface area (Å²) in [7, 11) is 1.70. The zero-order valence-corrected chi connectivity index (χ0v) is 11.4. The van der Waals surface area contributed by atoms with Crippen molar-refractivity contribution in [3.05, 3.63) is 29.8 Å². The van der Waals surface area contributed by atoms with Gasteiger partial charge in [0.1, 0.15) is 5.75 Å². The molecule has 1 aromatic carbocycles. The molecule has 0 aliphatic heterocycles. The van der Waals surface area contributed by atoms with Crippen molar-refractivity contribution in [1.29, 1.82) is 0 Å². The maximum absolute atomic E-state index is 6.32. The number of likely N-dealkylation sites (N-methyl/N-ethyl adjacent to an activating group) is 1. The molecule has 0 aromatic heterocycles. The van der Waals surface area contributed by atoms with Crippen molar-refractivity contribution in [2.75, 3.05) is 26.7 Å². The third kappa shape index (κ3) is 3.47. The molecule has 18 heavy (non-hydrogen) atoms. The maximum atomic E-state index is 6.32. The van der Waals surface area contributed by atoms with Crippen LogP contribution < -0.4 is 10.5 Å². The lowest BCUT2D eigenvalue weighted by atomic mass is 10.1. The summed E-state index contributed by atoms with van der Waals surface area (Å²) in [6, 6.07) is 8.08. The molecule has 1 aromatic rings. The lowest BCUT2D eigenvalue weighted by Crippen LogP contribution is -2.33. The molecule has 1 unspecified atom stereocenters. The number of rotatable bonds is 7. The van der Waals surface area contributed by atoms with Gasteiger partial charge in [0.25, 0.3) is 0 Å². The van der Waals surface area contributed by atoms with Crippen LogP contribution in [0.5, 0.6) is 5.75 Å². The third-order valence-corrected chi connectivity index (χ3v) is 3.65. The van der Waals surface area contributed by atoms with E-state index in [-0.39, 0.29) is 6.04 Å². The van der Waals surface area contributed by atoms with Crippen LogP contribution in [0.1, 0.15) is 31.4 Å². The second-order valence-electron chi connectivity index (χ2n) is 5.14. The summed E-state index contributed by atoms with van der Waals surface area (Å²) in [6.07, 6.45) is 2.78. The van der Waals surface area contributed by atoms with E-state index < -0.39 is 0 Å². The predicted octanol–water partition coefficient (Wildman–Crippen LogP) is 2.43. The number of benzene rings is 1. The van der Waals surface area contributed by atoms with Gasteiger partial charge >= 0.3 is 0 Å². The number of methoxy groups -OCH3 is 1. The van der Waals surface area contributed by atoms with Crippen LogP contribution in [0.25, 0.3) is 0 Å². The van der Waals surface area contributed by atoms with E-state index in [9.17, 15) is 0 Å². The van der Waals surface area contributed by atoms with Crippen molar-refractivity contribution in [3.63, 3.8) is 0 Å². The maximum Gasteiger partial charge on any atom is 0.123 e. The first-order valence-electron chi connectivity index (χ1n) is 6.85. The van der Waals surface area contributed by atoms with Gasteiger partial charge in [-0.15, -0.1) is 0 Å². The Morgan fingerprint density at radius 1 is 1.39 bits per heavy atom. The topological polar surface area (TPSA) is 38.5 Å². The molecule has 0 saturated heterocycles. The van der Waals surface area contributed by atoms with Crippen LogP contribution in [0.4, 0.5) is 0 Å². The fraction of sp³-hybridized carbons (Fsp3) is 0.600. The molecule has 0 heterocycles. The minimum absolute atomic E-state index is 0.0276. The smallest absolute Gasteiger partial charge is 0.123 e. The van der Waals surface area contributed by atoms with Gasteiger partial charge in [0.2, 0.25) is 0 Å². The quantitative estimate of drug-likeness (QED) is 0.805. The molecule has 2 rings (SSSR count). The van der Waals surface area contributed by atoms with Crippen LogP contribution in [-0.4, -0.2) is 31.6 Å². The summed E-state index contributed by atoms with van der Waals surface area (Å²) in [4.78, 5) is 2.45. The van der Waals surface area contributed by atoms with Crippen molar-refractivity contribution in [2.24, 2.45) is 11.7 Å². The molecular formula is C15H24N2O. The van der Waals surface area contributed by atoms with Crippen LogP contribution in [0.2, 0.25) is 0 Å². The minimum Gasteiger partial charge on any atom is -0.496 e. The number of hydrogen-bond donors (Lipinski definition) is 1. The fourth-order valence-corrected chi connectivity index (χ4v) is 2.35. The lowest BCUT2D eigenvalue weighted by molar-refractivity contribution is 0.258. The molecule has 100 valence electrons. The van der Waals surface area contributed by atoms with E-state index in [0.29, 0.717) is 0 Å². The zero-order chi connectivity index (χ0) is 13.0. The molecule has 3 heteroatoms. The lowest BCUT2D eigenvalue weighted by Gasteiger charge is -2.25. The molecule has 1 aliphatic carbocycles. The summed E-state index contributed by atoms with van der Waals surface area (Å²) in [6.45, 7) is 5.38. The van der Waals surface area contributed by atoms with Crippen molar-refractivity contribution in [2.45, 2.75) is 25.8 Å². The van der Waals surface area contributed by atoms with Crippen molar-refractivity contribution >= 4 is 0 Å². The summed E-state index contributed by atoms with van der Waals surface area (Å²) >= 11 is 0. The number of ether oxygens (including phenoxy) is 1. The number of hydrogen-bond acceptors (Lipinski definition) is 3. The zero-order valence-electron chi connectivity index (χ0n) is 11.4. The molecule has 3 nitrogen and oxygen atoms in total. The highest BCUT2D eigenvalue weighted by Gasteiger charge is 2.25. The first kappa shape index (κ1) is 13.4. The van der Waals surface area contributed by atoms with Gasteiger partial charge in [0.15, 0.2) is 0 Å². The van der Waals surface area contributed by atoms with Crippen molar-refractivity contribution < 1.29 is 4.74 Å². The van der Waals surface area contributed by atoms with Crippen LogP contribution in [0.15, 0.2) is 24.3 Å². The first-order valence-corrected chi connectivity index (χ1v) is 6.85. The molecule has 1 saturated carbocycles. The molecule has 1 fully saturated rings.